The molecule has 0 bridgehead atoms. The molecule has 2 aliphatic rings. The largest absolute Gasteiger partial charge is 0.396 e. The molecular weight excluding hydrogens is 320 g/mol. The maximum Gasteiger partial charge on any atom is 0.118 e. The SMILES string of the molecule is CC(C)c1ccc2c(c1)CC[C@H]1[C@](C)(/C=N/OCCCN)CCC[C@]21C. The molecule has 144 valence electrons. The van der Waals surface area contributed by atoms with Gasteiger partial charge >= 0.3 is 0 Å². The summed E-state index contributed by atoms with van der Waals surface area (Å²) in [6.45, 7) is 10.7. The lowest BCUT2D eigenvalue weighted by atomic mass is 9.50. The van der Waals surface area contributed by atoms with Crippen LogP contribution in [0.15, 0.2) is 23.4 Å². The summed E-state index contributed by atoms with van der Waals surface area (Å²) in [6.07, 6.45) is 9.15. The van der Waals surface area contributed by atoms with Gasteiger partial charge in [-0.1, -0.05) is 57.5 Å². The van der Waals surface area contributed by atoms with E-state index >= 15 is 0 Å². The Morgan fingerprint density at radius 1 is 1.31 bits per heavy atom. The van der Waals surface area contributed by atoms with Crippen LogP contribution in [-0.2, 0) is 16.7 Å². The molecule has 0 unspecified atom stereocenters. The molecule has 2 N–H and O–H groups in total. The molecule has 1 fully saturated rings. The third-order valence-corrected chi connectivity index (χ3v) is 6.95. The summed E-state index contributed by atoms with van der Waals surface area (Å²) >= 11 is 0. The number of oxime groups is 1. The number of hydrogen-bond donors (Lipinski definition) is 1. The molecule has 0 aromatic heterocycles. The Morgan fingerprint density at radius 3 is 2.85 bits per heavy atom. The highest BCUT2D eigenvalue weighted by atomic mass is 16.6. The molecule has 1 saturated carbocycles. The summed E-state index contributed by atoms with van der Waals surface area (Å²) in [4.78, 5) is 5.46. The van der Waals surface area contributed by atoms with Gasteiger partial charge in [-0.3, -0.25) is 0 Å². The van der Waals surface area contributed by atoms with Gasteiger partial charge in [-0.15, -0.1) is 0 Å². The van der Waals surface area contributed by atoms with Gasteiger partial charge in [0.25, 0.3) is 0 Å². The van der Waals surface area contributed by atoms with E-state index in [0.717, 1.165) is 6.42 Å². The molecule has 2 aliphatic carbocycles. The number of nitrogens with two attached hydrogens (primary N) is 1. The molecule has 1 aromatic rings. The van der Waals surface area contributed by atoms with E-state index in [1.165, 1.54) is 37.7 Å². The number of benzene rings is 1. The molecule has 0 radical (unpaired) electrons. The lowest BCUT2D eigenvalue weighted by Crippen LogP contribution is -2.49. The van der Waals surface area contributed by atoms with Crippen LogP contribution in [0.25, 0.3) is 0 Å². The van der Waals surface area contributed by atoms with Crippen LogP contribution in [0.3, 0.4) is 0 Å². The Balaban J connectivity index is 1.85. The summed E-state index contributed by atoms with van der Waals surface area (Å²) in [5, 5.41) is 4.34. The first-order valence-electron chi connectivity index (χ1n) is 10.4. The van der Waals surface area contributed by atoms with Crippen LogP contribution in [0.2, 0.25) is 0 Å². The smallest absolute Gasteiger partial charge is 0.118 e. The van der Waals surface area contributed by atoms with Crippen molar-refractivity contribution in [1.82, 2.24) is 0 Å². The van der Waals surface area contributed by atoms with Gasteiger partial charge in [-0.2, -0.15) is 0 Å². The van der Waals surface area contributed by atoms with Crippen LogP contribution >= 0.6 is 0 Å². The second kappa shape index (κ2) is 7.72. The number of fused-ring (bicyclic) bond motifs is 3. The highest BCUT2D eigenvalue weighted by Gasteiger charge is 2.51. The van der Waals surface area contributed by atoms with Crippen molar-refractivity contribution < 1.29 is 4.84 Å². The predicted octanol–water partition coefficient (Wildman–Crippen LogP) is 5.17. The molecule has 1 aromatic carbocycles. The minimum atomic E-state index is 0.115. The molecule has 26 heavy (non-hydrogen) atoms. The van der Waals surface area contributed by atoms with E-state index in [0.29, 0.717) is 25.0 Å². The van der Waals surface area contributed by atoms with Crippen molar-refractivity contribution >= 4 is 6.21 Å². The lowest BCUT2D eigenvalue weighted by Gasteiger charge is -2.54. The third kappa shape index (κ3) is 3.55. The topological polar surface area (TPSA) is 47.6 Å². The van der Waals surface area contributed by atoms with Crippen LogP contribution in [-0.4, -0.2) is 19.4 Å². The molecule has 0 amide bonds. The molecule has 3 nitrogen and oxygen atoms in total. The Labute approximate surface area is 159 Å². The lowest BCUT2D eigenvalue weighted by molar-refractivity contribution is 0.0742. The van der Waals surface area contributed by atoms with Crippen molar-refractivity contribution in [1.29, 1.82) is 0 Å². The Morgan fingerprint density at radius 2 is 2.12 bits per heavy atom. The van der Waals surface area contributed by atoms with Crippen molar-refractivity contribution in [3.8, 4) is 0 Å². The second-order valence-electron chi connectivity index (χ2n) is 9.15. The summed E-state index contributed by atoms with van der Waals surface area (Å²) in [6, 6.07) is 7.25. The van der Waals surface area contributed by atoms with Crippen molar-refractivity contribution in [3.05, 3.63) is 34.9 Å². The molecule has 0 aliphatic heterocycles. The number of hydrogen-bond acceptors (Lipinski definition) is 3. The number of rotatable bonds is 6. The highest BCUT2D eigenvalue weighted by Crippen LogP contribution is 2.56. The molecule has 3 heteroatoms. The van der Waals surface area contributed by atoms with E-state index in [4.69, 9.17) is 10.6 Å². The van der Waals surface area contributed by atoms with Crippen LogP contribution in [0, 0.1) is 11.3 Å². The Hall–Kier alpha value is -1.35. The van der Waals surface area contributed by atoms with Gasteiger partial charge in [0.1, 0.15) is 6.61 Å². The standard InChI is InChI=1S/C23H36N2O/c1-17(2)18-7-9-20-19(15-18)8-10-21-22(3,11-5-12-23(20,21)4)16-25-26-14-6-13-24/h7,9,15-17,21H,5-6,8,10-14,24H2,1-4H3/b25-16+/t21-,22-,23+/m0/s1. The van der Waals surface area contributed by atoms with Gasteiger partial charge in [0.2, 0.25) is 0 Å². The van der Waals surface area contributed by atoms with Crippen molar-refractivity contribution in [2.75, 3.05) is 13.2 Å². The molecule has 0 heterocycles. The zero-order valence-corrected chi connectivity index (χ0v) is 17.1. The van der Waals surface area contributed by atoms with Gasteiger partial charge in [-0.25, -0.2) is 0 Å². The zero-order valence-electron chi connectivity index (χ0n) is 17.1. The normalized spacial score (nSPS) is 31.1. The Kier molecular flexibility index (Phi) is 5.76. The van der Waals surface area contributed by atoms with Gasteiger partial charge < -0.3 is 10.6 Å². The fourth-order valence-corrected chi connectivity index (χ4v) is 5.43. The average molecular weight is 357 g/mol. The van der Waals surface area contributed by atoms with Crippen molar-refractivity contribution in [2.45, 2.75) is 77.6 Å². The van der Waals surface area contributed by atoms with E-state index in [1.54, 1.807) is 11.1 Å². The van der Waals surface area contributed by atoms with E-state index in [-0.39, 0.29) is 10.8 Å². The second-order valence-corrected chi connectivity index (χ2v) is 9.15. The number of nitrogens with zero attached hydrogens (tertiary/aromatic N) is 1. The first kappa shape index (κ1) is 19.4. The molecular formula is C23H36N2O. The van der Waals surface area contributed by atoms with Gasteiger partial charge in [0.05, 0.1) is 0 Å². The van der Waals surface area contributed by atoms with Crippen LogP contribution in [0.5, 0.6) is 0 Å². The van der Waals surface area contributed by atoms with Crippen LogP contribution < -0.4 is 5.73 Å². The molecule has 0 saturated heterocycles. The monoisotopic (exact) mass is 356 g/mol. The predicted molar refractivity (Wildman–Crippen MR) is 110 cm³/mol. The number of aryl methyl sites for hydroxylation is 1. The first-order valence-corrected chi connectivity index (χ1v) is 10.4. The van der Waals surface area contributed by atoms with Gasteiger partial charge in [-0.05, 0) is 72.6 Å². The molecule has 3 rings (SSSR count). The fourth-order valence-electron chi connectivity index (χ4n) is 5.43. The fraction of sp³-hybridized carbons (Fsp3) is 0.696. The van der Waals surface area contributed by atoms with E-state index in [9.17, 15) is 0 Å². The first-order chi connectivity index (χ1) is 12.4. The summed E-state index contributed by atoms with van der Waals surface area (Å²) in [5.74, 6) is 1.23. The van der Waals surface area contributed by atoms with E-state index < -0.39 is 0 Å². The summed E-state index contributed by atoms with van der Waals surface area (Å²) in [5.41, 5.74) is 10.5. The van der Waals surface area contributed by atoms with Crippen molar-refractivity contribution in [3.63, 3.8) is 0 Å². The minimum Gasteiger partial charge on any atom is -0.396 e. The third-order valence-electron chi connectivity index (χ3n) is 6.95. The van der Waals surface area contributed by atoms with Crippen molar-refractivity contribution in [2.24, 2.45) is 22.2 Å². The quantitative estimate of drug-likeness (QED) is 0.434. The zero-order chi connectivity index (χ0) is 18.8. The molecule has 3 atom stereocenters. The maximum absolute atomic E-state index is 5.53. The summed E-state index contributed by atoms with van der Waals surface area (Å²) < 4.78 is 0. The Bertz CT molecular complexity index is 654. The van der Waals surface area contributed by atoms with Gasteiger partial charge in [0, 0.05) is 11.6 Å². The minimum absolute atomic E-state index is 0.115. The maximum atomic E-state index is 5.53. The van der Waals surface area contributed by atoms with E-state index in [1.807, 2.05) is 0 Å². The van der Waals surface area contributed by atoms with Gasteiger partial charge in [0.15, 0.2) is 0 Å². The van der Waals surface area contributed by atoms with Crippen LogP contribution in [0.1, 0.15) is 82.4 Å². The summed E-state index contributed by atoms with van der Waals surface area (Å²) in [7, 11) is 0. The van der Waals surface area contributed by atoms with Crippen LogP contribution in [0.4, 0.5) is 0 Å². The molecule has 0 spiro atoms. The highest BCUT2D eigenvalue weighted by molar-refractivity contribution is 5.66. The average Bonchev–Trinajstić information content (AvgIpc) is 2.61. The van der Waals surface area contributed by atoms with E-state index in [2.05, 4.69) is 57.3 Å².